The van der Waals surface area contributed by atoms with Gasteiger partial charge in [-0.2, -0.15) is 18.3 Å². The topological polar surface area (TPSA) is 17.8 Å². The van der Waals surface area contributed by atoms with E-state index in [0.29, 0.717) is 0 Å². The van der Waals surface area contributed by atoms with Gasteiger partial charge in [0.25, 0.3) is 0 Å². The van der Waals surface area contributed by atoms with Crippen LogP contribution in [0.4, 0.5) is 13.2 Å². The van der Waals surface area contributed by atoms with Gasteiger partial charge in [0.05, 0.1) is 11.7 Å². The minimum Gasteiger partial charge on any atom is -0.253 e. The lowest BCUT2D eigenvalue weighted by Gasteiger charge is -2.31. The minimum absolute atomic E-state index is 0.210. The maximum absolute atomic E-state index is 13.0. The van der Waals surface area contributed by atoms with E-state index in [1.807, 2.05) is 0 Å². The molecule has 0 saturated carbocycles. The standard InChI is InChI=1S/C17H28F3IN2/c1-4-6-8-9-10-12-16(3,11-7-5-2)23-15(21)14(13-22-23)17(18,19)20/h13H,4-12H2,1-3H3. The first-order valence-electron chi connectivity index (χ1n) is 8.57. The average molecular weight is 444 g/mol. The molecule has 1 rings (SSSR count). The van der Waals surface area contributed by atoms with Crippen molar-refractivity contribution in [1.29, 1.82) is 0 Å². The average Bonchev–Trinajstić information content (AvgIpc) is 2.87. The molecule has 0 aromatic carbocycles. The SMILES string of the molecule is CCCCCCCC(C)(CCCC)n1ncc(C(F)(F)F)c1I. The summed E-state index contributed by atoms with van der Waals surface area (Å²) in [6.07, 6.45) is 6.23. The molecule has 23 heavy (non-hydrogen) atoms. The molecule has 0 saturated heterocycles. The van der Waals surface area contributed by atoms with E-state index in [2.05, 4.69) is 25.9 Å². The molecule has 2 nitrogen and oxygen atoms in total. The monoisotopic (exact) mass is 444 g/mol. The Morgan fingerprint density at radius 3 is 2.09 bits per heavy atom. The number of halogens is 4. The normalized spacial score (nSPS) is 14.9. The number of aromatic nitrogens is 2. The molecule has 0 aliphatic carbocycles. The summed E-state index contributed by atoms with van der Waals surface area (Å²) in [7, 11) is 0. The molecule has 0 N–H and O–H groups in total. The summed E-state index contributed by atoms with van der Waals surface area (Å²) in [6, 6.07) is 0. The van der Waals surface area contributed by atoms with Gasteiger partial charge in [-0.25, -0.2) is 0 Å². The third kappa shape index (κ3) is 5.94. The Bertz CT molecular complexity index is 471. The van der Waals surface area contributed by atoms with Crippen LogP contribution in [0.2, 0.25) is 0 Å². The first kappa shape index (κ1) is 20.8. The van der Waals surface area contributed by atoms with Gasteiger partial charge in [0.1, 0.15) is 9.26 Å². The highest BCUT2D eigenvalue weighted by atomic mass is 127. The lowest BCUT2D eigenvalue weighted by atomic mass is 9.88. The van der Waals surface area contributed by atoms with Crippen LogP contribution in [-0.4, -0.2) is 9.78 Å². The van der Waals surface area contributed by atoms with E-state index >= 15 is 0 Å². The van der Waals surface area contributed by atoms with Crippen LogP contribution in [0.25, 0.3) is 0 Å². The molecule has 1 atom stereocenters. The van der Waals surface area contributed by atoms with Crippen molar-refractivity contribution in [3.05, 3.63) is 15.5 Å². The molecule has 1 unspecified atom stereocenters. The molecule has 0 fully saturated rings. The maximum Gasteiger partial charge on any atom is 0.420 e. The third-order valence-electron chi connectivity index (χ3n) is 4.42. The molecule has 1 aromatic heterocycles. The largest absolute Gasteiger partial charge is 0.420 e. The predicted octanol–water partition coefficient (Wildman–Crippen LogP) is 6.77. The second-order valence-electron chi connectivity index (χ2n) is 6.52. The number of alkyl halides is 3. The van der Waals surface area contributed by atoms with Gasteiger partial charge in [-0.15, -0.1) is 0 Å². The van der Waals surface area contributed by atoms with E-state index < -0.39 is 11.7 Å². The van der Waals surface area contributed by atoms with Crippen LogP contribution < -0.4 is 0 Å². The van der Waals surface area contributed by atoms with Crippen LogP contribution in [-0.2, 0) is 11.7 Å². The molecule has 6 heteroatoms. The Morgan fingerprint density at radius 2 is 1.57 bits per heavy atom. The first-order chi connectivity index (χ1) is 10.8. The Balaban J connectivity index is 2.90. The van der Waals surface area contributed by atoms with Gasteiger partial charge in [0.15, 0.2) is 0 Å². The lowest BCUT2D eigenvalue weighted by molar-refractivity contribution is -0.138. The van der Waals surface area contributed by atoms with Crippen molar-refractivity contribution >= 4 is 22.6 Å². The summed E-state index contributed by atoms with van der Waals surface area (Å²) in [6.45, 7) is 6.34. The lowest BCUT2D eigenvalue weighted by Crippen LogP contribution is -2.32. The fourth-order valence-corrected chi connectivity index (χ4v) is 4.06. The Hall–Kier alpha value is -0.270. The van der Waals surface area contributed by atoms with Gasteiger partial charge in [0, 0.05) is 0 Å². The molecule has 0 aliphatic heterocycles. The van der Waals surface area contributed by atoms with Crippen LogP contribution >= 0.6 is 22.6 Å². The zero-order valence-corrected chi connectivity index (χ0v) is 16.5. The molecule has 1 heterocycles. The third-order valence-corrected chi connectivity index (χ3v) is 5.45. The van der Waals surface area contributed by atoms with Gasteiger partial charge in [-0.05, 0) is 42.4 Å². The molecule has 0 radical (unpaired) electrons. The minimum atomic E-state index is -4.33. The van der Waals surface area contributed by atoms with Gasteiger partial charge in [0.2, 0.25) is 0 Å². The smallest absolute Gasteiger partial charge is 0.253 e. The zero-order valence-electron chi connectivity index (χ0n) is 14.3. The van der Waals surface area contributed by atoms with E-state index in [-0.39, 0.29) is 9.24 Å². The Morgan fingerprint density at radius 1 is 1.00 bits per heavy atom. The molecule has 1 aromatic rings. The van der Waals surface area contributed by atoms with Gasteiger partial charge >= 0.3 is 6.18 Å². The highest BCUT2D eigenvalue weighted by Gasteiger charge is 2.38. The van der Waals surface area contributed by atoms with Gasteiger partial charge in [-0.3, -0.25) is 4.68 Å². The Labute approximate surface area is 151 Å². The zero-order chi connectivity index (χ0) is 17.5. The molecule has 134 valence electrons. The quantitative estimate of drug-likeness (QED) is 0.288. The highest BCUT2D eigenvalue weighted by Crippen LogP contribution is 2.37. The van der Waals surface area contributed by atoms with Crippen molar-refractivity contribution in [1.82, 2.24) is 9.78 Å². The van der Waals surface area contributed by atoms with Crippen LogP contribution in [0, 0.1) is 3.70 Å². The maximum atomic E-state index is 13.0. The van der Waals surface area contributed by atoms with Crippen molar-refractivity contribution in [2.24, 2.45) is 0 Å². The van der Waals surface area contributed by atoms with Crippen LogP contribution in [0.15, 0.2) is 6.20 Å². The highest BCUT2D eigenvalue weighted by molar-refractivity contribution is 14.1. The molecular formula is C17H28F3IN2. The summed E-state index contributed by atoms with van der Waals surface area (Å²) in [5.74, 6) is 0. The Kier molecular flexibility index (Phi) is 8.38. The summed E-state index contributed by atoms with van der Waals surface area (Å²) < 4.78 is 40.9. The van der Waals surface area contributed by atoms with Crippen molar-refractivity contribution in [2.75, 3.05) is 0 Å². The predicted molar refractivity (Wildman–Crippen MR) is 96.5 cm³/mol. The number of unbranched alkanes of at least 4 members (excludes halogenated alkanes) is 5. The van der Waals surface area contributed by atoms with Crippen LogP contribution in [0.5, 0.6) is 0 Å². The summed E-state index contributed by atoms with van der Waals surface area (Å²) in [5, 5.41) is 4.11. The van der Waals surface area contributed by atoms with Crippen LogP contribution in [0.1, 0.15) is 84.1 Å². The fraction of sp³-hybridized carbons (Fsp3) is 0.824. The van der Waals surface area contributed by atoms with Crippen LogP contribution in [0.3, 0.4) is 0 Å². The summed E-state index contributed by atoms with van der Waals surface area (Å²) in [4.78, 5) is 0. The van der Waals surface area contributed by atoms with E-state index in [0.717, 1.165) is 44.7 Å². The van der Waals surface area contributed by atoms with E-state index in [9.17, 15) is 13.2 Å². The van der Waals surface area contributed by atoms with Crippen molar-refractivity contribution < 1.29 is 13.2 Å². The summed E-state index contributed by atoms with van der Waals surface area (Å²) >= 11 is 1.79. The molecule has 0 aliphatic rings. The number of hydrogen-bond acceptors (Lipinski definition) is 1. The summed E-state index contributed by atoms with van der Waals surface area (Å²) in [5.41, 5.74) is -0.950. The molecule has 0 amide bonds. The molecular weight excluding hydrogens is 416 g/mol. The van der Waals surface area contributed by atoms with Gasteiger partial charge < -0.3 is 0 Å². The van der Waals surface area contributed by atoms with E-state index in [1.165, 1.54) is 19.3 Å². The van der Waals surface area contributed by atoms with Gasteiger partial charge in [-0.1, -0.05) is 58.8 Å². The van der Waals surface area contributed by atoms with Crippen molar-refractivity contribution in [3.63, 3.8) is 0 Å². The number of rotatable bonds is 10. The van der Waals surface area contributed by atoms with Crippen molar-refractivity contribution in [3.8, 4) is 0 Å². The number of hydrogen-bond donors (Lipinski definition) is 0. The molecule has 0 spiro atoms. The second-order valence-corrected chi connectivity index (χ2v) is 7.55. The second kappa shape index (κ2) is 9.28. The molecule has 0 bridgehead atoms. The number of nitrogens with zero attached hydrogens (tertiary/aromatic N) is 2. The van der Waals surface area contributed by atoms with E-state index in [4.69, 9.17) is 0 Å². The van der Waals surface area contributed by atoms with Crippen molar-refractivity contribution in [2.45, 2.75) is 90.3 Å². The first-order valence-corrected chi connectivity index (χ1v) is 9.65. The van der Waals surface area contributed by atoms with E-state index in [1.54, 1.807) is 27.3 Å². The fourth-order valence-electron chi connectivity index (χ4n) is 2.90.